The van der Waals surface area contributed by atoms with Gasteiger partial charge in [0.25, 0.3) is 0 Å². The van der Waals surface area contributed by atoms with Gasteiger partial charge in [0.05, 0.1) is 24.4 Å². The molecule has 2 aliphatic rings. The van der Waals surface area contributed by atoms with Crippen LogP contribution < -0.4 is 0 Å². The molecule has 1 heterocycles. The Morgan fingerprint density at radius 3 is 1.97 bits per heavy atom. The van der Waals surface area contributed by atoms with Gasteiger partial charge in [-0.25, -0.2) is 14.4 Å². The SMILES string of the molecule is CC(C)OC(=O)[C@H]1OC([C@H]2C[C@@H]2COC(=O)c2ccccc2)O[C@@H]1C(=O)OC(C)C. The maximum absolute atomic E-state index is 12.4. The van der Waals surface area contributed by atoms with E-state index in [2.05, 4.69) is 0 Å². The van der Waals surface area contributed by atoms with Crippen molar-refractivity contribution < 1.29 is 38.1 Å². The van der Waals surface area contributed by atoms with Crippen molar-refractivity contribution in [2.45, 2.75) is 64.8 Å². The number of rotatable bonds is 8. The number of hydrogen-bond donors (Lipinski definition) is 0. The Balaban J connectivity index is 1.56. The van der Waals surface area contributed by atoms with E-state index in [0.717, 1.165) is 0 Å². The lowest BCUT2D eigenvalue weighted by Crippen LogP contribution is -2.40. The van der Waals surface area contributed by atoms with Gasteiger partial charge in [0, 0.05) is 11.8 Å². The first-order valence-corrected chi connectivity index (χ1v) is 10.2. The fraction of sp³-hybridized carbons (Fsp3) is 0.591. The molecule has 4 atom stereocenters. The number of benzene rings is 1. The first kappa shape index (κ1) is 22.2. The van der Waals surface area contributed by atoms with Gasteiger partial charge in [-0.05, 0) is 46.2 Å². The summed E-state index contributed by atoms with van der Waals surface area (Å²) in [7, 11) is 0. The summed E-state index contributed by atoms with van der Waals surface area (Å²) in [5.41, 5.74) is 0.482. The molecule has 0 bridgehead atoms. The van der Waals surface area contributed by atoms with Gasteiger partial charge < -0.3 is 23.7 Å². The lowest BCUT2D eigenvalue weighted by molar-refractivity contribution is -0.167. The molecule has 0 amide bonds. The summed E-state index contributed by atoms with van der Waals surface area (Å²) in [5.74, 6) is -1.77. The largest absolute Gasteiger partial charge is 0.462 e. The van der Waals surface area contributed by atoms with E-state index >= 15 is 0 Å². The Morgan fingerprint density at radius 1 is 0.933 bits per heavy atom. The van der Waals surface area contributed by atoms with Crippen molar-refractivity contribution in [1.29, 1.82) is 0 Å². The van der Waals surface area contributed by atoms with E-state index in [0.29, 0.717) is 12.0 Å². The second-order valence-corrected chi connectivity index (χ2v) is 8.08. The first-order valence-electron chi connectivity index (χ1n) is 10.2. The zero-order chi connectivity index (χ0) is 21.8. The fourth-order valence-corrected chi connectivity index (χ4v) is 3.26. The molecule has 1 aliphatic carbocycles. The Bertz CT molecular complexity index is 730. The van der Waals surface area contributed by atoms with E-state index in [1.54, 1.807) is 52.0 Å². The quantitative estimate of drug-likeness (QED) is 0.467. The molecule has 1 aliphatic heterocycles. The summed E-state index contributed by atoms with van der Waals surface area (Å²) in [5, 5.41) is 0. The van der Waals surface area contributed by atoms with Gasteiger partial charge in [0.1, 0.15) is 0 Å². The van der Waals surface area contributed by atoms with E-state index in [1.807, 2.05) is 6.07 Å². The van der Waals surface area contributed by atoms with Crippen LogP contribution in [0.15, 0.2) is 30.3 Å². The molecule has 30 heavy (non-hydrogen) atoms. The molecular formula is C22H28O8. The van der Waals surface area contributed by atoms with Crippen molar-refractivity contribution in [3.8, 4) is 0 Å². The number of esters is 3. The molecule has 0 unspecified atom stereocenters. The second-order valence-electron chi connectivity index (χ2n) is 8.08. The summed E-state index contributed by atoms with van der Waals surface area (Å²) in [6, 6.07) is 8.73. The molecule has 0 spiro atoms. The molecule has 8 heteroatoms. The first-order chi connectivity index (χ1) is 14.3. The Hall–Kier alpha value is -2.45. The number of hydrogen-bond acceptors (Lipinski definition) is 8. The molecule has 1 aromatic carbocycles. The molecule has 1 saturated heterocycles. The monoisotopic (exact) mass is 420 g/mol. The van der Waals surface area contributed by atoms with Crippen molar-refractivity contribution in [1.82, 2.24) is 0 Å². The van der Waals surface area contributed by atoms with Crippen LogP contribution in [-0.2, 0) is 33.3 Å². The molecule has 1 aromatic rings. The van der Waals surface area contributed by atoms with Gasteiger partial charge in [-0.3, -0.25) is 0 Å². The van der Waals surface area contributed by atoms with E-state index in [1.165, 1.54) is 0 Å². The number of ether oxygens (including phenoxy) is 5. The fourth-order valence-electron chi connectivity index (χ4n) is 3.26. The van der Waals surface area contributed by atoms with Crippen molar-refractivity contribution >= 4 is 17.9 Å². The highest BCUT2D eigenvalue weighted by atomic mass is 16.8. The van der Waals surface area contributed by atoms with Crippen LogP contribution in [0.3, 0.4) is 0 Å². The Labute approximate surface area is 175 Å². The van der Waals surface area contributed by atoms with Crippen LogP contribution in [-0.4, -0.2) is 55.2 Å². The van der Waals surface area contributed by atoms with Crippen molar-refractivity contribution in [3.63, 3.8) is 0 Å². The van der Waals surface area contributed by atoms with Crippen LogP contribution in [0.2, 0.25) is 0 Å². The van der Waals surface area contributed by atoms with Crippen LogP contribution >= 0.6 is 0 Å². The van der Waals surface area contributed by atoms with Gasteiger partial charge in [0.2, 0.25) is 0 Å². The van der Waals surface area contributed by atoms with Gasteiger partial charge in [-0.15, -0.1) is 0 Å². The Morgan fingerprint density at radius 2 is 1.47 bits per heavy atom. The normalized spacial score (nSPS) is 25.9. The summed E-state index contributed by atoms with van der Waals surface area (Å²) in [6.45, 7) is 7.06. The average Bonchev–Trinajstić information content (AvgIpc) is 3.32. The average molecular weight is 420 g/mol. The highest BCUT2D eigenvalue weighted by Gasteiger charge is 2.55. The molecule has 0 radical (unpaired) electrons. The summed E-state index contributed by atoms with van der Waals surface area (Å²) < 4.78 is 27.3. The van der Waals surface area contributed by atoms with E-state index < -0.39 is 36.4 Å². The molecule has 0 aromatic heterocycles. The lowest BCUT2D eigenvalue weighted by atomic mass is 10.2. The third-order valence-corrected chi connectivity index (χ3v) is 4.77. The summed E-state index contributed by atoms with van der Waals surface area (Å²) >= 11 is 0. The van der Waals surface area contributed by atoms with Crippen LogP contribution in [0.4, 0.5) is 0 Å². The van der Waals surface area contributed by atoms with E-state index in [9.17, 15) is 14.4 Å². The summed E-state index contributed by atoms with van der Waals surface area (Å²) in [6.07, 6.45) is -3.14. The van der Waals surface area contributed by atoms with Crippen LogP contribution in [0.25, 0.3) is 0 Å². The van der Waals surface area contributed by atoms with E-state index in [4.69, 9.17) is 23.7 Å². The zero-order valence-corrected chi connectivity index (χ0v) is 17.6. The van der Waals surface area contributed by atoms with E-state index in [-0.39, 0.29) is 30.7 Å². The highest BCUT2D eigenvalue weighted by molar-refractivity contribution is 5.89. The standard InChI is InChI=1S/C22H28O8/c1-12(2)27-20(24)17-18(21(25)28-13(3)4)30-22(29-17)16-10-15(16)11-26-19(23)14-8-6-5-7-9-14/h5-9,12-13,15-18,22H,10-11H2,1-4H3/t15-,16+,17+,18+/m1/s1. The molecule has 1 saturated carbocycles. The molecule has 0 N–H and O–H groups in total. The highest BCUT2D eigenvalue weighted by Crippen LogP contribution is 2.46. The lowest BCUT2D eigenvalue weighted by Gasteiger charge is -2.17. The number of carbonyl (C=O) groups is 3. The zero-order valence-electron chi connectivity index (χ0n) is 17.6. The van der Waals surface area contributed by atoms with Crippen LogP contribution in [0, 0.1) is 11.8 Å². The maximum Gasteiger partial charge on any atom is 0.339 e. The van der Waals surface area contributed by atoms with Crippen molar-refractivity contribution in [2.75, 3.05) is 6.61 Å². The number of carbonyl (C=O) groups excluding carboxylic acids is 3. The minimum Gasteiger partial charge on any atom is -0.462 e. The molecule has 164 valence electrons. The van der Waals surface area contributed by atoms with Gasteiger partial charge >= 0.3 is 17.9 Å². The molecule has 3 rings (SSSR count). The van der Waals surface area contributed by atoms with Crippen LogP contribution in [0.5, 0.6) is 0 Å². The molecule has 8 nitrogen and oxygen atoms in total. The minimum absolute atomic E-state index is 0.0318. The van der Waals surface area contributed by atoms with Crippen molar-refractivity contribution in [3.05, 3.63) is 35.9 Å². The van der Waals surface area contributed by atoms with Gasteiger partial charge in [0.15, 0.2) is 18.5 Å². The second kappa shape index (κ2) is 9.57. The van der Waals surface area contributed by atoms with Crippen molar-refractivity contribution in [2.24, 2.45) is 11.8 Å². The Kier molecular flexibility index (Phi) is 7.10. The third-order valence-electron chi connectivity index (χ3n) is 4.77. The molecular weight excluding hydrogens is 392 g/mol. The smallest absolute Gasteiger partial charge is 0.339 e. The predicted molar refractivity (Wildman–Crippen MR) is 104 cm³/mol. The van der Waals surface area contributed by atoms with Gasteiger partial charge in [-0.1, -0.05) is 18.2 Å². The summed E-state index contributed by atoms with van der Waals surface area (Å²) in [4.78, 5) is 36.9. The molecule has 2 fully saturated rings. The predicted octanol–water partition coefficient (Wildman–Crippen LogP) is 2.49. The van der Waals surface area contributed by atoms with Crippen LogP contribution in [0.1, 0.15) is 44.5 Å². The maximum atomic E-state index is 12.4. The third kappa shape index (κ3) is 5.58. The minimum atomic E-state index is -1.18. The topological polar surface area (TPSA) is 97.4 Å². The van der Waals surface area contributed by atoms with Gasteiger partial charge in [-0.2, -0.15) is 0 Å².